The van der Waals surface area contributed by atoms with Crippen LogP contribution in [-0.4, -0.2) is 11.8 Å². The van der Waals surface area contributed by atoms with Crippen molar-refractivity contribution in [3.63, 3.8) is 0 Å². The molecule has 4 aromatic carbocycles. The highest BCUT2D eigenvalue weighted by Crippen LogP contribution is 2.53. The van der Waals surface area contributed by atoms with Crippen molar-refractivity contribution in [1.82, 2.24) is 0 Å². The molecular weight excluding hydrogens is 422 g/mol. The van der Waals surface area contributed by atoms with Gasteiger partial charge in [0.2, 0.25) is 0 Å². The van der Waals surface area contributed by atoms with Crippen LogP contribution in [0.5, 0.6) is 0 Å². The summed E-state index contributed by atoms with van der Waals surface area (Å²) in [5, 5.41) is 6.11. The predicted octanol–water partition coefficient (Wildman–Crippen LogP) is 6.42. The minimum Gasteiger partial charge on any atom is -0.0622 e. The molecule has 160 valence electrons. The maximum absolute atomic E-state index is 2.37. The molecule has 1 saturated carbocycles. The smallest absolute Gasteiger partial charge is 0.00969 e. The van der Waals surface area contributed by atoms with Crippen LogP contribution in [0, 0.1) is 5.92 Å². The van der Waals surface area contributed by atoms with Crippen molar-refractivity contribution >= 4 is 37.1 Å². The topological polar surface area (TPSA) is 0 Å². The molecule has 0 bridgehead atoms. The van der Waals surface area contributed by atoms with Crippen molar-refractivity contribution in [2.75, 3.05) is 6.16 Å². The molecule has 2 unspecified atom stereocenters. The van der Waals surface area contributed by atoms with E-state index < -0.39 is 0 Å². The van der Waals surface area contributed by atoms with Crippen molar-refractivity contribution in [3.8, 4) is 0 Å². The molecule has 32 heavy (non-hydrogen) atoms. The Labute approximate surface area is 195 Å². The summed E-state index contributed by atoms with van der Waals surface area (Å²) in [6, 6.07) is 45.2. The van der Waals surface area contributed by atoms with Crippen LogP contribution in [0.4, 0.5) is 0 Å². The van der Waals surface area contributed by atoms with Gasteiger partial charge >= 0.3 is 0 Å². The first-order valence-corrected chi connectivity index (χ1v) is 14.6. The third-order valence-corrected chi connectivity index (χ3v) is 12.3. The monoisotopic (exact) mass is 452 g/mol. The van der Waals surface area contributed by atoms with Crippen LogP contribution in [0.15, 0.2) is 121 Å². The molecule has 1 aliphatic rings. The number of rotatable bonds is 7. The van der Waals surface area contributed by atoms with E-state index in [0.717, 1.165) is 11.6 Å². The van der Waals surface area contributed by atoms with E-state index in [2.05, 4.69) is 121 Å². The molecule has 0 heterocycles. The van der Waals surface area contributed by atoms with E-state index in [1.54, 1.807) is 0 Å². The summed E-state index contributed by atoms with van der Waals surface area (Å²) in [5.74, 6) is 0.771. The Hall–Kier alpha value is -2.26. The lowest BCUT2D eigenvalue weighted by molar-refractivity contribution is 0.630. The second kappa shape index (κ2) is 10.6. The summed E-state index contributed by atoms with van der Waals surface area (Å²) in [7, 11) is -0.690. The van der Waals surface area contributed by atoms with Gasteiger partial charge < -0.3 is 0 Å². The fourth-order valence-electron chi connectivity index (χ4n) is 5.09. The van der Waals surface area contributed by atoms with Crippen LogP contribution in [0.3, 0.4) is 0 Å². The van der Waals surface area contributed by atoms with Crippen LogP contribution >= 0.6 is 15.8 Å². The number of hydrogen-bond donors (Lipinski definition) is 0. The van der Waals surface area contributed by atoms with Gasteiger partial charge in [0.1, 0.15) is 0 Å². The fraction of sp³-hybridized carbons (Fsp3) is 0.200. The molecule has 2 heteroatoms. The van der Waals surface area contributed by atoms with Gasteiger partial charge in [-0.05, 0) is 67.6 Å². The van der Waals surface area contributed by atoms with E-state index in [4.69, 9.17) is 0 Å². The third kappa shape index (κ3) is 4.88. The molecule has 2 atom stereocenters. The van der Waals surface area contributed by atoms with Gasteiger partial charge in [0.05, 0.1) is 0 Å². The summed E-state index contributed by atoms with van der Waals surface area (Å²) < 4.78 is 0. The number of hydrogen-bond acceptors (Lipinski definition) is 0. The first kappa shape index (κ1) is 21.6. The molecule has 4 aromatic rings. The molecule has 1 aliphatic carbocycles. The molecule has 0 aliphatic heterocycles. The van der Waals surface area contributed by atoms with Crippen LogP contribution in [0.2, 0.25) is 0 Å². The van der Waals surface area contributed by atoms with Gasteiger partial charge in [0, 0.05) is 0 Å². The van der Waals surface area contributed by atoms with Gasteiger partial charge in [-0.3, -0.25) is 0 Å². The first-order chi connectivity index (χ1) is 15.9. The average Bonchev–Trinajstić information content (AvgIpc) is 3.33. The highest BCUT2D eigenvalue weighted by atomic mass is 31.1. The van der Waals surface area contributed by atoms with Gasteiger partial charge in [-0.1, -0.05) is 128 Å². The van der Waals surface area contributed by atoms with Gasteiger partial charge in [-0.15, -0.1) is 0 Å². The molecule has 0 aromatic heterocycles. The molecule has 0 spiro atoms. The Morgan fingerprint density at radius 1 is 0.500 bits per heavy atom. The molecule has 5 rings (SSSR count). The highest BCUT2D eigenvalue weighted by Gasteiger charge is 2.36. The first-order valence-electron chi connectivity index (χ1n) is 11.7. The quantitative estimate of drug-likeness (QED) is 0.284. The van der Waals surface area contributed by atoms with Crippen molar-refractivity contribution in [2.24, 2.45) is 5.92 Å². The average molecular weight is 453 g/mol. The molecule has 0 N–H and O–H groups in total. The zero-order chi connectivity index (χ0) is 21.6. The van der Waals surface area contributed by atoms with Gasteiger partial charge in [-0.2, -0.15) is 0 Å². The van der Waals surface area contributed by atoms with E-state index in [-0.39, 0.29) is 15.8 Å². The molecule has 1 fully saturated rings. The van der Waals surface area contributed by atoms with E-state index in [1.807, 2.05) is 0 Å². The number of benzene rings is 4. The minimum absolute atomic E-state index is 0.341. The van der Waals surface area contributed by atoms with Crippen molar-refractivity contribution in [3.05, 3.63) is 121 Å². The van der Waals surface area contributed by atoms with Gasteiger partial charge in [-0.25, -0.2) is 0 Å². The third-order valence-electron chi connectivity index (χ3n) is 6.57. The Morgan fingerprint density at radius 3 is 1.34 bits per heavy atom. The van der Waals surface area contributed by atoms with Gasteiger partial charge in [0.15, 0.2) is 0 Å². The van der Waals surface area contributed by atoms with E-state index >= 15 is 0 Å². The molecule has 0 saturated heterocycles. The van der Waals surface area contributed by atoms with Crippen molar-refractivity contribution < 1.29 is 0 Å². The summed E-state index contributed by atoms with van der Waals surface area (Å²) in [4.78, 5) is 0. The second-order valence-corrected chi connectivity index (χ2v) is 13.3. The zero-order valence-electron chi connectivity index (χ0n) is 18.4. The molecule has 0 nitrogen and oxygen atoms in total. The fourth-order valence-corrected chi connectivity index (χ4v) is 11.1. The molecule has 0 amide bonds. The lowest BCUT2D eigenvalue weighted by Crippen LogP contribution is -2.28. The highest BCUT2D eigenvalue weighted by molar-refractivity contribution is 7.74. The maximum Gasteiger partial charge on any atom is -0.00969 e. The Balaban J connectivity index is 1.49. The summed E-state index contributed by atoms with van der Waals surface area (Å²) in [5.41, 5.74) is 0.757. The van der Waals surface area contributed by atoms with E-state index in [1.165, 1.54) is 46.6 Å². The molecule has 0 radical (unpaired) electrons. The summed E-state index contributed by atoms with van der Waals surface area (Å²) in [6.07, 6.45) is 5.38. The van der Waals surface area contributed by atoms with Crippen LogP contribution < -0.4 is 21.2 Å². The predicted molar refractivity (Wildman–Crippen MR) is 144 cm³/mol. The normalized spacial score (nSPS) is 18.3. The maximum atomic E-state index is 2.37. The van der Waals surface area contributed by atoms with Gasteiger partial charge in [0.25, 0.3) is 0 Å². The Morgan fingerprint density at radius 2 is 0.906 bits per heavy atom. The lowest BCUT2D eigenvalue weighted by Gasteiger charge is -2.32. The standard InChI is InChI=1S/C30H30P2/c1-5-15-26(16-6-1)31(27-17-7-2-8-18-27)24-25-14-13-23-30(25)32(28-19-9-3-10-20-28)29-21-11-4-12-22-29/h1-12,15-22,25,30H,13-14,23-24H2. The Kier molecular flexibility index (Phi) is 7.13. The van der Waals surface area contributed by atoms with E-state index in [9.17, 15) is 0 Å². The Bertz CT molecular complexity index is 1000. The van der Waals surface area contributed by atoms with E-state index in [0.29, 0.717) is 0 Å². The van der Waals surface area contributed by atoms with Crippen molar-refractivity contribution in [1.29, 1.82) is 0 Å². The van der Waals surface area contributed by atoms with Crippen LogP contribution in [0.25, 0.3) is 0 Å². The zero-order valence-corrected chi connectivity index (χ0v) is 20.2. The minimum atomic E-state index is -0.349. The molecular formula is C30H30P2. The lowest BCUT2D eigenvalue weighted by atomic mass is 10.1. The summed E-state index contributed by atoms with van der Waals surface area (Å²) >= 11 is 0. The largest absolute Gasteiger partial charge is 0.0622 e. The second-order valence-electron chi connectivity index (χ2n) is 8.58. The SMILES string of the molecule is c1ccc(P(CC2CCCC2P(c2ccccc2)c2ccccc2)c2ccccc2)cc1. The van der Waals surface area contributed by atoms with Crippen LogP contribution in [-0.2, 0) is 0 Å². The van der Waals surface area contributed by atoms with Crippen molar-refractivity contribution in [2.45, 2.75) is 24.9 Å². The van der Waals surface area contributed by atoms with Crippen LogP contribution in [0.1, 0.15) is 19.3 Å². The summed E-state index contributed by atoms with van der Waals surface area (Å²) in [6.45, 7) is 0.